The van der Waals surface area contributed by atoms with Crippen LogP contribution in [0.3, 0.4) is 0 Å². The largest absolute Gasteiger partial charge is 0.508 e. The van der Waals surface area contributed by atoms with Gasteiger partial charge in [0.2, 0.25) is 0 Å². The highest BCUT2D eigenvalue weighted by Crippen LogP contribution is 2.35. The molecular weight excluding hydrogens is 334 g/mol. The first-order valence-electron chi connectivity index (χ1n) is 8.29. The summed E-state index contributed by atoms with van der Waals surface area (Å²) in [7, 11) is 0. The normalized spacial score (nSPS) is 12.0. The Morgan fingerprint density at radius 2 is 1.81 bits per heavy atom. The van der Waals surface area contributed by atoms with E-state index in [9.17, 15) is 19.8 Å². The molecule has 0 bridgehead atoms. The van der Waals surface area contributed by atoms with E-state index in [1.54, 1.807) is 43.3 Å². The predicted octanol–water partition coefficient (Wildman–Crippen LogP) is 3.02. The number of pyridine rings is 1. The number of phenolic OH excluding ortho intramolecular Hbond substituents is 1. The topological polar surface area (TPSA) is 99.6 Å². The zero-order valence-electron chi connectivity index (χ0n) is 14.2. The van der Waals surface area contributed by atoms with Gasteiger partial charge in [-0.2, -0.15) is 0 Å². The lowest BCUT2D eigenvalue weighted by atomic mass is 9.88. The Labute approximate surface area is 149 Å². The number of esters is 1. The number of ether oxygens (including phenoxy) is 1. The minimum atomic E-state index is -0.706. The number of nitrogens with one attached hydrogen (secondary N) is 1. The fraction of sp³-hybridized carbons (Fsp3) is 0.200. The number of aromatic hydroxyl groups is 2. The van der Waals surface area contributed by atoms with Crippen LogP contribution in [-0.4, -0.2) is 27.8 Å². The van der Waals surface area contributed by atoms with Gasteiger partial charge in [-0.25, -0.2) is 0 Å². The van der Waals surface area contributed by atoms with Gasteiger partial charge in [0.05, 0.1) is 24.1 Å². The van der Waals surface area contributed by atoms with Crippen molar-refractivity contribution in [2.75, 3.05) is 6.61 Å². The zero-order chi connectivity index (χ0) is 18.7. The standard InChI is InChI=1S/C20H19NO5/c1-2-26-17(23)11-15(12-7-9-13(22)10-8-12)18-19(24)14-5-3-4-6-16(14)21-20(18)25/h3-10,15,22H,2,11H2,1H3,(H2,21,24,25)/t15-/m0/s1. The van der Waals surface area contributed by atoms with Gasteiger partial charge in [-0.3, -0.25) is 9.59 Å². The van der Waals surface area contributed by atoms with E-state index in [0.717, 1.165) is 0 Å². The van der Waals surface area contributed by atoms with Crippen molar-refractivity contribution in [3.05, 3.63) is 70.0 Å². The Kier molecular flexibility index (Phi) is 4.93. The van der Waals surface area contributed by atoms with Gasteiger partial charge in [0.25, 0.3) is 5.56 Å². The Bertz CT molecular complexity index is 991. The number of benzene rings is 2. The molecule has 3 rings (SSSR count). The van der Waals surface area contributed by atoms with E-state index in [0.29, 0.717) is 16.5 Å². The van der Waals surface area contributed by atoms with Gasteiger partial charge >= 0.3 is 5.97 Å². The van der Waals surface area contributed by atoms with Crippen molar-refractivity contribution >= 4 is 16.9 Å². The molecule has 3 aromatic rings. The second-order valence-corrected chi connectivity index (χ2v) is 5.92. The number of phenols is 1. The van der Waals surface area contributed by atoms with Crippen LogP contribution in [0.2, 0.25) is 0 Å². The Hall–Kier alpha value is -3.28. The second kappa shape index (κ2) is 7.31. The number of para-hydroxylation sites is 1. The van der Waals surface area contributed by atoms with Crippen molar-refractivity contribution < 1.29 is 19.7 Å². The Morgan fingerprint density at radius 1 is 1.12 bits per heavy atom. The van der Waals surface area contributed by atoms with Crippen molar-refractivity contribution in [3.8, 4) is 11.5 Å². The number of carbonyl (C=O) groups is 1. The molecule has 0 saturated carbocycles. The van der Waals surface area contributed by atoms with Crippen LogP contribution in [-0.2, 0) is 9.53 Å². The zero-order valence-corrected chi connectivity index (χ0v) is 14.2. The van der Waals surface area contributed by atoms with Crippen molar-refractivity contribution in [3.63, 3.8) is 0 Å². The number of carbonyl (C=O) groups excluding carboxylic acids is 1. The van der Waals surface area contributed by atoms with Crippen molar-refractivity contribution in [2.24, 2.45) is 0 Å². The monoisotopic (exact) mass is 353 g/mol. The maximum Gasteiger partial charge on any atom is 0.306 e. The van der Waals surface area contributed by atoms with E-state index in [1.807, 2.05) is 0 Å². The molecular formula is C20H19NO5. The highest BCUT2D eigenvalue weighted by atomic mass is 16.5. The summed E-state index contributed by atoms with van der Waals surface area (Å²) >= 11 is 0. The molecule has 0 spiro atoms. The minimum Gasteiger partial charge on any atom is -0.508 e. The van der Waals surface area contributed by atoms with Gasteiger partial charge < -0.3 is 19.9 Å². The average molecular weight is 353 g/mol. The van der Waals surface area contributed by atoms with Crippen molar-refractivity contribution in [2.45, 2.75) is 19.3 Å². The van der Waals surface area contributed by atoms with Gasteiger partial charge in [0, 0.05) is 11.3 Å². The first kappa shape index (κ1) is 17.5. The number of aromatic nitrogens is 1. The highest BCUT2D eigenvalue weighted by Gasteiger charge is 2.26. The number of rotatable bonds is 5. The lowest BCUT2D eigenvalue weighted by molar-refractivity contribution is -0.143. The third-order valence-electron chi connectivity index (χ3n) is 4.25. The van der Waals surface area contributed by atoms with E-state index in [2.05, 4.69) is 4.98 Å². The summed E-state index contributed by atoms with van der Waals surface area (Å²) in [5.74, 6) is -1.27. The van der Waals surface area contributed by atoms with E-state index in [4.69, 9.17) is 4.74 Å². The SMILES string of the molecule is CCOC(=O)C[C@@H](c1ccc(O)cc1)c1c(O)c2ccccc2[nH]c1=O. The maximum absolute atomic E-state index is 12.7. The molecule has 0 aliphatic heterocycles. The molecule has 0 unspecified atom stereocenters. The number of hydrogen-bond donors (Lipinski definition) is 3. The predicted molar refractivity (Wildman–Crippen MR) is 97.4 cm³/mol. The van der Waals surface area contributed by atoms with Crippen LogP contribution in [0.1, 0.15) is 30.4 Å². The van der Waals surface area contributed by atoms with Crippen molar-refractivity contribution in [1.82, 2.24) is 4.98 Å². The maximum atomic E-state index is 12.7. The van der Waals surface area contributed by atoms with Crippen LogP contribution in [0.4, 0.5) is 0 Å². The minimum absolute atomic E-state index is 0.0697. The number of hydrogen-bond acceptors (Lipinski definition) is 5. The molecule has 1 heterocycles. The summed E-state index contributed by atoms with van der Waals surface area (Å²) in [5, 5.41) is 20.7. The lowest BCUT2D eigenvalue weighted by Crippen LogP contribution is -2.20. The summed E-state index contributed by atoms with van der Waals surface area (Å²) in [6.07, 6.45) is -0.104. The van der Waals surface area contributed by atoms with Crippen LogP contribution in [0.25, 0.3) is 10.9 Å². The third kappa shape index (κ3) is 3.39. The molecule has 0 amide bonds. The van der Waals surface area contributed by atoms with Crippen LogP contribution < -0.4 is 5.56 Å². The van der Waals surface area contributed by atoms with Gasteiger partial charge in [-0.1, -0.05) is 24.3 Å². The summed E-state index contributed by atoms with van der Waals surface area (Å²) in [6.45, 7) is 1.93. The summed E-state index contributed by atoms with van der Waals surface area (Å²) in [6, 6.07) is 13.1. The summed E-state index contributed by atoms with van der Waals surface area (Å²) < 4.78 is 5.02. The van der Waals surface area contributed by atoms with Crippen LogP contribution in [0.5, 0.6) is 11.5 Å². The first-order chi connectivity index (χ1) is 12.5. The Morgan fingerprint density at radius 3 is 2.50 bits per heavy atom. The van der Waals surface area contributed by atoms with Crippen LogP contribution in [0, 0.1) is 0 Å². The van der Waals surface area contributed by atoms with Crippen LogP contribution in [0.15, 0.2) is 53.3 Å². The van der Waals surface area contributed by atoms with E-state index >= 15 is 0 Å². The number of fused-ring (bicyclic) bond motifs is 1. The molecule has 0 aliphatic rings. The fourth-order valence-corrected chi connectivity index (χ4v) is 3.04. The highest BCUT2D eigenvalue weighted by molar-refractivity contribution is 5.86. The molecule has 0 fully saturated rings. The summed E-state index contributed by atoms with van der Waals surface area (Å²) in [4.78, 5) is 27.5. The molecule has 2 aromatic carbocycles. The van der Waals surface area contributed by atoms with Gasteiger partial charge in [0.1, 0.15) is 11.5 Å². The van der Waals surface area contributed by atoms with Gasteiger partial charge in [-0.15, -0.1) is 0 Å². The smallest absolute Gasteiger partial charge is 0.306 e. The molecule has 0 aliphatic carbocycles. The molecule has 6 nitrogen and oxygen atoms in total. The van der Waals surface area contributed by atoms with E-state index in [-0.39, 0.29) is 30.1 Å². The molecule has 134 valence electrons. The van der Waals surface area contributed by atoms with Crippen LogP contribution >= 0.6 is 0 Å². The van der Waals surface area contributed by atoms with Gasteiger partial charge in [0.15, 0.2) is 0 Å². The molecule has 0 saturated heterocycles. The molecule has 1 atom stereocenters. The summed E-state index contributed by atoms with van der Waals surface area (Å²) in [5.41, 5.74) is 0.761. The fourth-order valence-electron chi connectivity index (χ4n) is 3.04. The first-order valence-corrected chi connectivity index (χ1v) is 8.29. The molecule has 6 heteroatoms. The molecule has 3 N–H and O–H groups in total. The van der Waals surface area contributed by atoms with Crippen molar-refractivity contribution in [1.29, 1.82) is 0 Å². The number of H-pyrrole nitrogens is 1. The average Bonchev–Trinajstić information content (AvgIpc) is 2.62. The van der Waals surface area contributed by atoms with E-state index in [1.165, 1.54) is 12.1 Å². The Balaban J connectivity index is 2.18. The lowest BCUT2D eigenvalue weighted by Gasteiger charge is -2.18. The number of aromatic amines is 1. The molecule has 0 radical (unpaired) electrons. The third-order valence-corrected chi connectivity index (χ3v) is 4.25. The second-order valence-electron chi connectivity index (χ2n) is 5.92. The molecule has 26 heavy (non-hydrogen) atoms. The van der Waals surface area contributed by atoms with Gasteiger partial charge in [-0.05, 0) is 36.8 Å². The van der Waals surface area contributed by atoms with E-state index < -0.39 is 17.4 Å². The quantitative estimate of drug-likeness (QED) is 0.612. The molecule has 1 aromatic heterocycles.